The van der Waals surface area contributed by atoms with Crippen LogP contribution in [0.2, 0.25) is 0 Å². The van der Waals surface area contributed by atoms with Crippen LogP contribution in [0.3, 0.4) is 0 Å². The third-order valence-corrected chi connectivity index (χ3v) is 3.66. The molecule has 0 amide bonds. The first-order chi connectivity index (χ1) is 11.2. The number of ether oxygens (including phenoxy) is 2. The molecule has 0 fully saturated rings. The van der Waals surface area contributed by atoms with E-state index in [2.05, 4.69) is 15.6 Å². The van der Waals surface area contributed by atoms with Gasteiger partial charge >= 0.3 is 0 Å². The molecule has 0 saturated heterocycles. The Morgan fingerprint density at radius 1 is 1.04 bits per heavy atom. The van der Waals surface area contributed by atoms with E-state index in [0.717, 1.165) is 22.6 Å². The molecule has 0 aliphatic rings. The van der Waals surface area contributed by atoms with Crippen LogP contribution < -0.4 is 15.2 Å². The van der Waals surface area contributed by atoms with Crippen molar-refractivity contribution in [2.24, 2.45) is 0 Å². The summed E-state index contributed by atoms with van der Waals surface area (Å²) < 4.78 is 12.7. The number of nitrogen functional groups attached to an aromatic ring is 1. The second-order valence-electron chi connectivity index (χ2n) is 5.19. The lowest BCUT2D eigenvalue weighted by Gasteiger charge is -2.11. The first-order valence-corrected chi connectivity index (χ1v) is 7.29. The number of benzene rings is 2. The monoisotopic (exact) mass is 309 g/mol. The molecule has 0 radical (unpaired) electrons. The molecule has 0 aliphatic heterocycles. The van der Waals surface area contributed by atoms with Crippen LogP contribution in [0, 0.1) is 0 Å². The molecule has 5 heteroatoms. The predicted molar refractivity (Wildman–Crippen MR) is 90.7 cm³/mol. The van der Waals surface area contributed by atoms with Gasteiger partial charge in [-0.3, -0.25) is 0 Å². The van der Waals surface area contributed by atoms with Crippen LogP contribution in [-0.2, 0) is 6.54 Å². The maximum Gasteiger partial charge on any atom is 0.161 e. The summed E-state index contributed by atoms with van der Waals surface area (Å²) in [7, 11) is 3.25. The van der Waals surface area contributed by atoms with Gasteiger partial charge in [0.15, 0.2) is 11.5 Å². The minimum absolute atomic E-state index is 0.684. The molecule has 3 aromatic rings. The lowest BCUT2D eigenvalue weighted by Crippen LogP contribution is -2.02. The van der Waals surface area contributed by atoms with E-state index in [4.69, 9.17) is 15.2 Å². The topological polar surface area (TPSA) is 62.3 Å². The first-order valence-electron chi connectivity index (χ1n) is 7.29. The van der Waals surface area contributed by atoms with Crippen molar-refractivity contribution in [3.05, 3.63) is 60.4 Å². The lowest BCUT2D eigenvalue weighted by atomic mass is 10.1. The van der Waals surface area contributed by atoms with E-state index >= 15 is 0 Å². The second kappa shape index (κ2) is 6.44. The smallest absolute Gasteiger partial charge is 0.161 e. The zero-order chi connectivity index (χ0) is 16.2. The number of imidazole rings is 1. The van der Waals surface area contributed by atoms with Gasteiger partial charge in [0.25, 0.3) is 0 Å². The summed E-state index contributed by atoms with van der Waals surface area (Å²) >= 11 is 0. The minimum Gasteiger partial charge on any atom is -0.493 e. The van der Waals surface area contributed by atoms with Crippen molar-refractivity contribution in [1.29, 1.82) is 0 Å². The lowest BCUT2D eigenvalue weighted by molar-refractivity contribution is 0.355. The number of rotatable bonds is 5. The fourth-order valence-corrected chi connectivity index (χ4v) is 2.56. The SMILES string of the molecule is COc1ccc(-c2nccn2Cc2cccc(N)c2)cc1OC. The average Bonchev–Trinajstić information content (AvgIpc) is 3.02. The standard InChI is InChI=1S/C18H19N3O2/c1-22-16-7-6-14(11-17(16)23-2)18-20-8-9-21(18)12-13-4-3-5-15(19)10-13/h3-11H,12,19H2,1-2H3. The molecule has 2 N–H and O–H groups in total. The molecule has 0 saturated carbocycles. The number of hydrogen-bond donors (Lipinski definition) is 1. The molecule has 0 unspecified atom stereocenters. The molecule has 3 rings (SSSR count). The van der Waals surface area contributed by atoms with Crippen LogP contribution in [0.25, 0.3) is 11.4 Å². The van der Waals surface area contributed by atoms with Crippen molar-refractivity contribution in [3.63, 3.8) is 0 Å². The van der Waals surface area contributed by atoms with Crippen LogP contribution in [0.1, 0.15) is 5.56 Å². The summed E-state index contributed by atoms with van der Waals surface area (Å²) in [5.41, 5.74) is 8.71. The van der Waals surface area contributed by atoms with Crippen LogP contribution in [0.4, 0.5) is 5.69 Å². The predicted octanol–water partition coefficient (Wildman–Crippen LogP) is 3.20. The zero-order valence-corrected chi connectivity index (χ0v) is 13.2. The Morgan fingerprint density at radius 2 is 1.87 bits per heavy atom. The van der Waals surface area contributed by atoms with Gasteiger partial charge in [0, 0.05) is 30.2 Å². The summed E-state index contributed by atoms with van der Waals surface area (Å²) in [5.74, 6) is 2.25. The summed E-state index contributed by atoms with van der Waals surface area (Å²) in [6, 6.07) is 13.6. The van der Waals surface area contributed by atoms with Crippen LogP contribution in [-0.4, -0.2) is 23.8 Å². The van der Waals surface area contributed by atoms with Crippen molar-refractivity contribution < 1.29 is 9.47 Å². The summed E-state index contributed by atoms with van der Waals surface area (Å²) in [6.07, 6.45) is 3.74. The fourth-order valence-electron chi connectivity index (χ4n) is 2.56. The van der Waals surface area contributed by atoms with Gasteiger partial charge in [0.05, 0.1) is 14.2 Å². The molecule has 0 spiro atoms. The molecule has 2 aromatic carbocycles. The number of hydrogen-bond acceptors (Lipinski definition) is 4. The quantitative estimate of drug-likeness (QED) is 0.735. The van der Waals surface area contributed by atoms with Crippen LogP contribution >= 0.6 is 0 Å². The van der Waals surface area contributed by atoms with Gasteiger partial charge in [-0.2, -0.15) is 0 Å². The average molecular weight is 309 g/mol. The van der Waals surface area contributed by atoms with Gasteiger partial charge in [0.1, 0.15) is 5.82 Å². The van der Waals surface area contributed by atoms with Crippen molar-refractivity contribution in [3.8, 4) is 22.9 Å². The van der Waals surface area contributed by atoms with Gasteiger partial charge in [-0.15, -0.1) is 0 Å². The van der Waals surface area contributed by atoms with Crippen LogP contribution in [0.15, 0.2) is 54.9 Å². The highest BCUT2D eigenvalue weighted by Gasteiger charge is 2.11. The van der Waals surface area contributed by atoms with Gasteiger partial charge in [-0.05, 0) is 35.9 Å². The summed E-state index contributed by atoms with van der Waals surface area (Å²) in [4.78, 5) is 4.47. The number of anilines is 1. The van der Waals surface area contributed by atoms with Crippen molar-refractivity contribution in [2.75, 3.05) is 20.0 Å². The van der Waals surface area contributed by atoms with Crippen molar-refractivity contribution in [2.45, 2.75) is 6.54 Å². The van der Waals surface area contributed by atoms with E-state index in [1.165, 1.54) is 0 Å². The molecule has 118 valence electrons. The maximum absolute atomic E-state index is 5.85. The number of nitrogens with zero attached hydrogens (tertiary/aromatic N) is 2. The minimum atomic E-state index is 0.684. The highest BCUT2D eigenvalue weighted by Crippen LogP contribution is 2.31. The molecule has 23 heavy (non-hydrogen) atoms. The zero-order valence-electron chi connectivity index (χ0n) is 13.2. The largest absolute Gasteiger partial charge is 0.493 e. The normalized spacial score (nSPS) is 10.5. The molecular formula is C18H19N3O2. The first kappa shape index (κ1) is 15.0. The van der Waals surface area contributed by atoms with E-state index in [0.29, 0.717) is 18.0 Å². The Kier molecular flexibility index (Phi) is 4.19. The molecular weight excluding hydrogens is 290 g/mol. The number of nitrogens with two attached hydrogens (primary N) is 1. The van der Waals surface area contributed by atoms with Crippen molar-refractivity contribution >= 4 is 5.69 Å². The number of aromatic nitrogens is 2. The highest BCUT2D eigenvalue weighted by molar-refractivity contribution is 5.61. The van der Waals surface area contributed by atoms with Crippen molar-refractivity contribution in [1.82, 2.24) is 9.55 Å². The van der Waals surface area contributed by atoms with E-state index in [-0.39, 0.29) is 0 Å². The Labute approximate surface area is 135 Å². The molecule has 5 nitrogen and oxygen atoms in total. The number of methoxy groups -OCH3 is 2. The molecule has 0 bridgehead atoms. The Balaban J connectivity index is 1.94. The second-order valence-corrected chi connectivity index (χ2v) is 5.19. The third kappa shape index (κ3) is 3.13. The van der Waals surface area contributed by atoms with Gasteiger partial charge in [-0.25, -0.2) is 4.98 Å². The van der Waals surface area contributed by atoms with E-state index in [1.807, 2.05) is 42.6 Å². The maximum atomic E-state index is 5.85. The highest BCUT2D eigenvalue weighted by atomic mass is 16.5. The molecule has 0 aliphatic carbocycles. The Hall–Kier alpha value is -2.95. The van der Waals surface area contributed by atoms with E-state index in [9.17, 15) is 0 Å². The van der Waals surface area contributed by atoms with E-state index < -0.39 is 0 Å². The molecule has 1 aromatic heterocycles. The molecule has 0 atom stereocenters. The third-order valence-electron chi connectivity index (χ3n) is 3.66. The van der Waals surface area contributed by atoms with Gasteiger partial charge in [-0.1, -0.05) is 12.1 Å². The molecule has 1 heterocycles. The fraction of sp³-hybridized carbons (Fsp3) is 0.167. The Bertz CT molecular complexity index is 812. The summed E-state index contributed by atoms with van der Waals surface area (Å²) in [5, 5.41) is 0. The van der Waals surface area contributed by atoms with Gasteiger partial charge in [0.2, 0.25) is 0 Å². The van der Waals surface area contributed by atoms with Crippen LogP contribution in [0.5, 0.6) is 11.5 Å². The van der Waals surface area contributed by atoms with Gasteiger partial charge < -0.3 is 19.8 Å². The van der Waals surface area contributed by atoms with E-state index in [1.54, 1.807) is 20.4 Å². The Morgan fingerprint density at radius 3 is 2.61 bits per heavy atom. The summed E-state index contributed by atoms with van der Waals surface area (Å²) in [6.45, 7) is 0.703.